The maximum Gasteiger partial charge on any atom is 0.328 e. The number of nitrogens with one attached hydrogen (secondary N) is 3. The number of rotatable bonds is 7. The lowest BCUT2D eigenvalue weighted by Crippen LogP contribution is -2.41. The second kappa shape index (κ2) is 9.43. The number of fused-ring (bicyclic) bond motifs is 1. The van der Waals surface area contributed by atoms with Crippen molar-refractivity contribution in [3.63, 3.8) is 0 Å². The van der Waals surface area contributed by atoms with Crippen molar-refractivity contribution >= 4 is 34.6 Å². The predicted octanol–water partition coefficient (Wildman–Crippen LogP) is 3.31. The smallest absolute Gasteiger partial charge is 0.328 e. The van der Waals surface area contributed by atoms with Crippen LogP contribution in [0.1, 0.15) is 45.1 Å². The second-order valence-corrected chi connectivity index (χ2v) is 10.2. The van der Waals surface area contributed by atoms with E-state index in [0.717, 1.165) is 51.0 Å². The Morgan fingerprint density at radius 2 is 1.94 bits per heavy atom. The number of hydrogen-bond acceptors (Lipinski definition) is 8. The van der Waals surface area contributed by atoms with Crippen molar-refractivity contribution in [2.75, 3.05) is 30.8 Å². The summed E-state index contributed by atoms with van der Waals surface area (Å²) in [5, 5.41) is 19.6. The number of hydrogen-bond donors (Lipinski definition) is 4. The van der Waals surface area contributed by atoms with E-state index in [1.807, 2.05) is 26.0 Å². The Bertz CT molecular complexity index is 1210. The number of amides is 1. The highest BCUT2D eigenvalue weighted by Crippen LogP contribution is 2.29. The molecule has 1 saturated carbocycles. The lowest BCUT2D eigenvalue weighted by Gasteiger charge is -2.37. The number of carbonyl (C=O) groups is 1. The zero-order valence-corrected chi connectivity index (χ0v) is 20.6. The average Bonchev–Trinajstić information content (AvgIpc) is 3.53. The third-order valence-corrected chi connectivity index (χ3v) is 6.93. The van der Waals surface area contributed by atoms with Gasteiger partial charge in [-0.1, -0.05) is 12.1 Å². The molecule has 0 atom stereocenters. The van der Waals surface area contributed by atoms with Crippen molar-refractivity contribution in [2.24, 2.45) is 5.92 Å². The Kier molecular flexibility index (Phi) is 6.33. The third kappa shape index (κ3) is 5.38. The first kappa shape index (κ1) is 23.5. The SMILES string of the molecule is CNc1nc(Nc2cccc(CN3CCC(C(C)(C)O)CC3)c2)nc2c1ncn2C(=O)NC1CC1. The van der Waals surface area contributed by atoms with Gasteiger partial charge in [-0.3, -0.25) is 4.90 Å². The molecule has 4 N–H and O–H groups in total. The quantitative estimate of drug-likeness (QED) is 0.408. The van der Waals surface area contributed by atoms with Gasteiger partial charge in [0.15, 0.2) is 17.0 Å². The number of imidazole rings is 1. The molecular weight excluding hydrogens is 444 g/mol. The molecule has 3 aromatic rings. The lowest BCUT2D eigenvalue weighted by atomic mass is 9.83. The first-order valence-electron chi connectivity index (χ1n) is 12.3. The molecule has 186 valence electrons. The first-order valence-corrected chi connectivity index (χ1v) is 12.3. The van der Waals surface area contributed by atoms with Crippen LogP contribution in [0.5, 0.6) is 0 Å². The standard InChI is InChI=1S/C25H34N8O2/c1-25(2,35)17-9-11-32(12-10-17)14-16-5-4-6-19(13-16)28-23-30-21(26-3)20-22(31-23)33(15-27-20)24(34)29-18-7-8-18/h4-6,13,15,17-18,35H,7-12,14H2,1-3H3,(H,29,34)(H2,26,28,30,31). The van der Waals surface area contributed by atoms with Crippen LogP contribution in [0.15, 0.2) is 30.6 Å². The van der Waals surface area contributed by atoms with Crippen molar-refractivity contribution in [3.05, 3.63) is 36.2 Å². The van der Waals surface area contributed by atoms with Gasteiger partial charge in [0, 0.05) is 25.3 Å². The van der Waals surface area contributed by atoms with E-state index in [4.69, 9.17) is 0 Å². The van der Waals surface area contributed by atoms with Crippen LogP contribution in [0.4, 0.5) is 22.2 Å². The van der Waals surface area contributed by atoms with Gasteiger partial charge in [0.25, 0.3) is 0 Å². The minimum Gasteiger partial charge on any atom is -0.390 e. The number of piperidine rings is 1. The molecule has 3 heterocycles. The predicted molar refractivity (Wildman–Crippen MR) is 136 cm³/mol. The summed E-state index contributed by atoms with van der Waals surface area (Å²) >= 11 is 0. The number of benzene rings is 1. The molecule has 2 fully saturated rings. The minimum atomic E-state index is -0.614. The fraction of sp³-hybridized carbons (Fsp3) is 0.520. The molecule has 0 bridgehead atoms. The fourth-order valence-corrected chi connectivity index (χ4v) is 4.68. The second-order valence-electron chi connectivity index (χ2n) is 10.2. The first-order chi connectivity index (χ1) is 16.8. The maximum atomic E-state index is 12.6. The molecule has 0 unspecified atom stereocenters. The molecule has 0 radical (unpaired) electrons. The van der Waals surface area contributed by atoms with E-state index in [9.17, 15) is 9.90 Å². The van der Waals surface area contributed by atoms with Crippen LogP contribution < -0.4 is 16.0 Å². The highest BCUT2D eigenvalue weighted by molar-refractivity contribution is 5.92. The molecule has 1 aliphatic heterocycles. The molecule has 2 aliphatic rings. The lowest BCUT2D eigenvalue weighted by molar-refractivity contribution is -0.0136. The van der Waals surface area contributed by atoms with Gasteiger partial charge in [-0.15, -0.1) is 0 Å². The van der Waals surface area contributed by atoms with Crippen molar-refractivity contribution < 1.29 is 9.90 Å². The molecule has 1 saturated heterocycles. The molecular formula is C25H34N8O2. The molecule has 1 amide bonds. The Labute approximate surface area is 205 Å². The Balaban J connectivity index is 1.31. The average molecular weight is 479 g/mol. The largest absolute Gasteiger partial charge is 0.390 e. The van der Waals surface area contributed by atoms with E-state index in [2.05, 4.69) is 47.9 Å². The van der Waals surface area contributed by atoms with E-state index in [1.54, 1.807) is 7.05 Å². The Morgan fingerprint density at radius 3 is 2.63 bits per heavy atom. The maximum absolute atomic E-state index is 12.6. The van der Waals surface area contributed by atoms with Crippen LogP contribution in [0.3, 0.4) is 0 Å². The van der Waals surface area contributed by atoms with Gasteiger partial charge in [-0.25, -0.2) is 14.3 Å². The zero-order valence-electron chi connectivity index (χ0n) is 20.6. The third-order valence-electron chi connectivity index (χ3n) is 6.93. The summed E-state index contributed by atoms with van der Waals surface area (Å²) in [5.74, 6) is 1.30. The number of aliphatic hydroxyl groups is 1. The highest BCUT2D eigenvalue weighted by Gasteiger charge is 2.30. The summed E-state index contributed by atoms with van der Waals surface area (Å²) in [5.41, 5.74) is 2.46. The minimum absolute atomic E-state index is 0.225. The van der Waals surface area contributed by atoms with Gasteiger partial charge in [-0.05, 0) is 76.2 Å². The van der Waals surface area contributed by atoms with Crippen molar-refractivity contribution in [1.29, 1.82) is 0 Å². The van der Waals surface area contributed by atoms with E-state index in [0.29, 0.717) is 28.8 Å². The monoisotopic (exact) mass is 478 g/mol. The van der Waals surface area contributed by atoms with Gasteiger partial charge >= 0.3 is 6.03 Å². The summed E-state index contributed by atoms with van der Waals surface area (Å²) in [6.07, 6.45) is 5.52. The normalized spacial score (nSPS) is 17.5. The van der Waals surface area contributed by atoms with Gasteiger partial charge in [0.2, 0.25) is 5.95 Å². The molecule has 10 heteroatoms. The summed E-state index contributed by atoms with van der Waals surface area (Å²) in [6.45, 7) is 6.63. The molecule has 35 heavy (non-hydrogen) atoms. The van der Waals surface area contributed by atoms with Crippen molar-refractivity contribution in [3.8, 4) is 0 Å². The topological polar surface area (TPSA) is 120 Å². The van der Waals surface area contributed by atoms with E-state index in [1.165, 1.54) is 16.5 Å². The van der Waals surface area contributed by atoms with Crippen LogP contribution >= 0.6 is 0 Å². The van der Waals surface area contributed by atoms with Crippen LogP contribution in [0.2, 0.25) is 0 Å². The summed E-state index contributed by atoms with van der Waals surface area (Å²) in [7, 11) is 1.77. The van der Waals surface area contributed by atoms with Gasteiger partial charge in [0.05, 0.1) is 5.60 Å². The number of carbonyl (C=O) groups excluding carboxylic acids is 1. The molecule has 2 aromatic heterocycles. The van der Waals surface area contributed by atoms with Gasteiger partial charge in [-0.2, -0.15) is 9.97 Å². The van der Waals surface area contributed by atoms with Crippen LogP contribution in [0.25, 0.3) is 11.2 Å². The van der Waals surface area contributed by atoms with Gasteiger partial charge in [0.1, 0.15) is 6.33 Å². The Hall–Kier alpha value is -3.24. The molecule has 10 nitrogen and oxygen atoms in total. The van der Waals surface area contributed by atoms with Crippen molar-refractivity contribution in [2.45, 2.75) is 57.7 Å². The molecule has 0 spiro atoms. The summed E-state index contributed by atoms with van der Waals surface area (Å²) < 4.78 is 1.44. The number of likely N-dealkylation sites (tertiary alicyclic amines) is 1. The zero-order chi connectivity index (χ0) is 24.6. The van der Waals surface area contributed by atoms with E-state index < -0.39 is 5.60 Å². The van der Waals surface area contributed by atoms with Gasteiger partial charge < -0.3 is 21.1 Å². The van der Waals surface area contributed by atoms with E-state index in [-0.39, 0.29) is 12.1 Å². The van der Waals surface area contributed by atoms with Crippen LogP contribution in [0, 0.1) is 5.92 Å². The number of nitrogens with zero attached hydrogens (tertiary/aromatic N) is 5. The van der Waals surface area contributed by atoms with Crippen molar-refractivity contribution in [1.82, 2.24) is 29.7 Å². The Morgan fingerprint density at radius 1 is 1.17 bits per heavy atom. The summed E-state index contributed by atoms with van der Waals surface area (Å²) in [4.78, 5) is 28.6. The van der Waals surface area contributed by atoms with E-state index >= 15 is 0 Å². The highest BCUT2D eigenvalue weighted by atomic mass is 16.3. The fourth-order valence-electron chi connectivity index (χ4n) is 4.68. The molecule has 1 aromatic carbocycles. The van der Waals surface area contributed by atoms with Crippen LogP contribution in [-0.2, 0) is 6.54 Å². The number of anilines is 3. The number of aromatic nitrogens is 4. The van der Waals surface area contributed by atoms with Crippen LogP contribution in [-0.4, -0.2) is 67.3 Å². The molecule has 5 rings (SSSR count). The summed E-state index contributed by atoms with van der Waals surface area (Å²) in [6, 6.07) is 8.24. The molecule has 1 aliphatic carbocycles.